The van der Waals surface area contributed by atoms with Crippen molar-refractivity contribution in [2.75, 3.05) is 18.1 Å². The first-order valence-electron chi connectivity index (χ1n) is 6.27. The van der Waals surface area contributed by atoms with Crippen molar-refractivity contribution in [3.8, 4) is 5.75 Å². The summed E-state index contributed by atoms with van der Waals surface area (Å²) < 4.78 is 10.4. The van der Waals surface area contributed by atoms with Gasteiger partial charge in [-0.3, -0.25) is 14.5 Å². The second kappa shape index (κ2) is 5.30. The largest absolute Gasteiger partial charge is 0.479 e. The summed E-state index contributed by atoms with van der Waals surface area (Å²) >= 11 is 0. The number of esters is 1. The Morgan fingerprint density at radius 3 is 2.89 bits per heavy atom. The van der Waals surface area contributed by atoms with Crippen molar-refractivity contribution in [3.05, 3.63) is 23.8 Å². The third-order valence-corrected chi connectivity index (χ3v) is 2.92. The number of carbonyl (C=O) groups is 2. The summed E-state index contributed by atoms with van der Waals surface area (Å²) in [5.41, 5.74) is 1.62. The predicted octanol–water partition coefficient (Wildman–Crippen LogP) is 1.67. The van der Waals surface area contributed by atoms with E-state index >= 15 is 0 Å². The molecule has 0 N–H and O–H groups in total. The van der Waals surface area contributed by atoms with Crippen LogP contribution in [0.1, 0.15) is 19.4 Å². The van der Waals surface area contributed by atoms with Crippen LogP contribution in [0.25, 0.3) is 0 Å². The lowest BCUT2D eigenvalue weighted by Gasteiger charge is -2.32. The van der Waals surface area contributed by atoms with Gasteiger partial charge >= 0.3 is 5.97 Å². The van der Waals surface area contributed by atoms with Crippen LogP contribution in [-0.2, 0) is 14.3 Å². The first-order chi connectivity index (χ1) is 9.02. The van der Waals surface area contributed by atoms with Gasteiger partial charge in [0.1, 0.15) is 12.3 Å². The normalized spacial score (nSPS) is 17.7. The SMILES string of the molecule is CCOC(=O)CN1C(=O)[C@@H](C)Oc2ccc(C)cc21. The number of hydrogen-bond acceptors (Lipinski definition) is 4. The van der Waals surface area contributed by atoms with E-state index in [1.807, 2.05) is 25.1 Å². The van der Waals surface area contributed by atoms with Gasteiger partial charge in [0.05, 0.1) is 12.3 Å². The number of hydrogen-bond donors (Lipinski definition) is 0. The molecule has 5 heteroatoms. The summed E-state index contributed by atoms with van der Waals surface area (Å²) in [4.78, 5) is 25.2. The molecule has 0 spiro atoms. The van der Waals surface area contributed by atoms with Crippen molar-refractivity contribution < 1.29 is 19.1 Å². The molecule has 0 aromatic heterocycles. The zero-order valence-electron chi connectivity index (χ0n) is 11.3. The minimum absolute atomic E-state index is 0.0865. The van der Waals surface area contributed by atoms with Crippen molar-refractivity contribution in [1.29, 1.82) is 0 Å². The number of amides is 1. The molecule has 1 aliphatic heterocycles. The van der Waals surface area contributed by atoms with Crippen molar-refractivity contribution >= 4 is 17.6 Å². The number of benzene rings is 1. The minimum atomic E-state index is -0.593. The first kappa shape index (κ1) is 13.4. The molecule has 1 amide bonds. The van der Waals surface area contributed by atoms with Gasteiger partial charge in [-0.15, -0.1) is 0 Å². The van der Waals surface area contributed by atoms with Gasteiger partial charge in [-0.1, -0.05) is 6.07 Å². The Kier molecular flexibility index (Phi) is 3.74. The molecule has 0 radical (unpaired) electrons. The fraction of sp³-hybridized carbons (Fsp3) is 0.429. The van der Waals surface area contributed by atoms with Crippen LogP contribution in [0.3, 0.4) is 0 Å². The quantitative estimate of drug-likeness (QED) is 0.778. The molecule has 1 atom stereocenters. The standard InChI is InChI=1S/C14H17NO4/c1-4-18-13(16)8-15-11-7-9(2)5-6-12(11)19-10(3)14(15)17/h5-7,10H,4,8H2,1-3H3/t10-/m1/s1. The zero-order chi connectivity index (χ0) is 14.0. The fourth-order valence-electron chi connectivity index (χ4n) is 2.02. The molecule has 19 heavy (non-hydrogen) atoms. The maximum Gasteiger partial charge on any atom is 0.326 e. The van der Waals surface area contributed by atoms with Gasteiger partial charge in [0, 0.05) is 0 Å². The average Bonchev–Trinajstić information content (AvgIpc) is 2.36. The Balaban J connectivity index is 2.33. The van der Waals surface area contributed by atoms with Crippen LogP contribution in [0.4, 0.5) is 5.69 Å². The van der Waals surface area contributed by atoms with E-state index in [2.05, 4.69) is 0 Å². The molecule has 1 heterocycles. The molecular weight excluding hydrogens is 246 g/mol. The Bertz CT molecular complexity index is 512. The predicted molar refractivity (Wildman–Crippen MR) is 70.3 cm³/mol. The summed E-state index contributed by atoms with van der Waals surface area (Å²) in [6, 6.07) is 5.55. The fourth-order valence-corrected chi connectivity index (χ4v) is 2.02. The smallest absolute Gasteiger partial charge is 0.326 e. The van der Waals surface area contributed by atoms with Crippen LogP contribution in [0, 0.1) is 6.92 Å². The van der Waals surface area contributed by atoms with Gasteiger partial charge in [0.25, 0.3) is 5.91 Å². The van der Waals surface area contributed by atoms with E-state index in [0.717, 1.165) is 5.56 Å². The first-order valence-corrected chi connectivity index (χ1v) is 6.27. The number of anilines is 1. The van der Waals surface area contributed by atoms with E-state index < -0.39 is 12.1 Å². The molecule has 1 aromatic carbocycles. The topological polar surface area (TPSA) is 55.8 Å². The van der Waals surface area contributed by atoms with Gasteiger partial charge in [-0.2, -0.15) is 0 Å². The van der Waals surface area contributed by atoms with Crippen LogP contribution in [-0.4, -0.2) is 31.1 Å². The molecule has 0 aliphatic carbocycles. The lowest BCUT2D eigenvalue weighted by atomic mass is 10.1. The van der Waals surface area contributed by atoms with Gasteiger partial charge in [0.15, 0.2) is 6.10 Å². The van der Waals surface area contributed by atoms with Crippen LogP contribution in [0.15, 0.2) is 18.2 Å². The summed E-state index contributed by atoms with van der Waals surface area (Å²) in [7, 11) is 0. The van der Waals surface area contributed by atoms with Crippen LogP contribution >= 0.6 is 0 Å². The minimum Gasteiger partial charge on any atom is -0.479 e. The maximum atomic E-state index is 12.1. The Morgan fingerprint density at radius 2 is 2.21 bits per heavy atom. The number of rotatable bonds is 3. The van der Waals surface area contributed by atoms with E-state index in [0.29, 0.717) is 18.0 Å². The third-order valence-electron chi connectivity index (χ3n) is 2.92. The molecule has 2 rings (SSSR count). The van der Waals surface area contributed by atoms with E-state index in [1.165, 1.54) is 4.90 Å². The molecule has 0 bridgehead atoms. The Hall–Kier alpha value is -2.04. The van der Waals surface area contributed by atoms with Crippen LogP contribution < -0.4 is 9.64 Å². The highest BCUT2D eigenvalue weighted by Gasteiger charge is 2.33. The lowest BCUT2D eigenvalue weighted by molar-refractivity contribution is -0.143. The van der Waals surface area contributed by atoms with Crippen LogP contribution in [0.5, 0.6) is 5.75 Å². The van der Waals surface area contributed by atoms with E-state index in [-0.39, 0.29) is 12.5 Å². The summed E-state index contributed by atoms with van der Waals surface area (Å²) in [5.74, 6) is -0.0365. The number of ether oxygens (including phenoxy) is 2. The highest BCUT2D eigenvalue weighted by atomic mass is 16.5. The Morgan fingerprint density at radius 1 is 1.47 bits per heavy atom. The molecule has 5 nitrogen and oxygen atoms in total. The molecule has 1 aromatic rings. The highest BCUT2D eigenvalue weighted by molar-refractivity contribution is 6.03. The van der Waals surface area contributed by atoms with Gasteiger partial charge < -0.3 is 9.47 Å². The summed E-state index contributed by atoms with van der Waals surface area (Å²) in [6.45, 7) is 5.54. The zero-order valence-corrected chi connectivity index (χ0v) is 11.3. The Labute approximate surface area is 112 Å². The van der Waals surface area contributed by atoms with Crippen molar-refractivity contribution in [2.24, 2.45) is 0 Å². The van der Waals surface area contributed by atoms with Crippen LogP contribution in [0.2, 0.25) is 0 Å². The van der Waals surface area contributed by atoms with E-state index in [1.54, 1.807) is 13.8 Å². The monoisotopic (exact) mass is 263 g/mol. The van der Waals surface area contributed by atoms with Crippen molar-refractivity contribution in [1.82, 2.24) is 0 Å². The molecule has 0 unspecified atom stereocenters. The number of fused-ring (bicyclic) bond motifs is 1. The van der Waals surface area contributed by atoms with Crippen molar-refractivity contribution in [3.63, 3.8) is 0 Å². The molecule has 1 aliphatic rings. The van der Waals surface area contributed by atoms with E-state index in [9.17, 15) is 9.59 Å². The molecule has 102 valence electrons. The van der Waals surface area contributed by atoms with Crippen molar-refractivity contribution in [2.45, 2.75) is 26.9 Å². The summed E-state index contributed by atoms with van der Waals surface area (Å²) in [5, 5.41) is 0. The van der Waals surface area contributed by atoms with Gasteiger partial charge in [-0.25, -0.2) is 0 Å². The molecule has 0 saturated heterocycles. The summed E-state index contributed by atoms with van der Waals surface area (Å²) in [6.07, 6.45) is -0.593. The number of aryl methyl sites for hydroxylation is 1. The molecule has 0 fully saturated rings. The third kappa shape index (κ3) is 2.70. The number of carbonyl (C=O) groups excluding carboxylic acids is 2. The number of nitrogens with zero attached hydrogens (tertiary/aromatic N) is 1. The average molecular weight is 263 g/mol. The highest BCUT2D eigenvalue weighted by Crippen LogP contribution is 2.34. The van der Waals surface area contributed by atoms with Gasteiger partial charge in [0.2, 0.25) is 0 Å². The maximum absolute atomic E-state index is 12.1. The lowest BCUT2D eigenvalue weighted by Crippen LogP contribution is -2.47. The molecule has 0 saturated carbocycles. The van der Waals surface area contributed by atoms with E-state index in [4.69, 9.17) is 9.47 Å². The second-order valence-corrected chi connectivity index (χ2v) is 4.46. The van der Waals surface area contributed by atoms with Gasteiger partial charge in [-0.05, 0) is 38.5 Å². The molecular formula is C14H17NO4. The second-order valence-electron chi connectivity index (χ2n) is 4.46.